The van der Waals surface area contributed by atoms with Crippen LogP contribution >= 0.6 is 23.4 Å². The highest BCUT2D eigenvalue weighted by Gasteiger charge is 2.12. The van der Waals surface area contributed by atoms with Gasteiger partial charge in [0.25, 0.3) is 0 Å². The Morgan fingerprint density at radius 1 is 1.05 bits per heavy atom. The maximum absolute atomic E-state index is 5.88. The van der Waals surface area contributed by atoms with Crippen molar-refractivity contribution in [3.8, 4) is 0 Å². The Balaban J connectivity index is 2.01. The van der Waals surface area contributed by atoms with Crippen molar-refractivity contribution in [2.45, 2.75) is 36.8 Å². The van der Waals surface area contributed by atoms with Crippen LogP contribution in [0.5, 0.6) is 0 Å². The maximum Gasteiger partial charge on any atom is 0.129 e. The van der Waals surface area contributed by atoms with E-state index in [2.05, 4.69) is 50.0 Å². The van der Waals surface area contributed by atoms with Gasteiger partial charge in [-0.2, -0.15) is 0 Å². The van der Waals surface area contributed by atoms with Gasteiger partial charge in [-0.15, -0.1) is 11.8 Å². The second-order valence-electron chi connectivity index (χ2n) is 5.51. The van der Waals surface area contributed by atoms with Gasteiger partial charge in [0.15, 0.2) is 0 Å². The first-order chi connectivity index (χ1) is 8.95. The van der Waals surface area contributed by atoms with Crippen molar-refractivity contribution in [3.05, 3.63) is 58.9 Å². The quantitative estimate of drug-likeness (QED) is 0.560. The second-order valence-corrected chi connectivity index (χ2v) is 6.95. The molecule has 0 bridgehead atoms. The molecule has 1 heterocycles. The molecule has 0 aliphatic carbocycles. The van der Waals surface area contributed by atoms with E-state index in [0.717, 1.165) is 11.4 Å². The van der Waals surface area contributed by atoms with Crippen LogP contribution in [0.15, 0.2) is 47.4 Å². The van der Waals surface area contributed by atoms with E-state index in [9.17, 15) is 0 Å². The molecule has 0 N–H and O–H groups in total. The predicted molar refractivity (Wildman–Crippen MR) is 84.0 cm³/mol. The zero-order valence-electron chi connectivity index (χ0n) is 11.5. The molecule has 0 saturated heterocycles. The summed E-state index contributed by atoms with van der Waals surface area (Å²) in [5, 5.41) is 0.557. The lowest BCUT2D eigenvalue weighted by Gasteiger charge is -2.19. The molecule has 0 radical (unpaired) electrons. The van der Waals surface area contributed by atoms with Crippen LogP contribution in [0.3, 0.4) is 0 Å². The summed E-state index contributed by atoms with van der Waals surface area (Å²) in [6, 6.07) is 14.5. The first kappa shape index (κ1) is 14.4. The highest BCUT2D eigenvalue weighted by Crippen LogP contribution is 2.27. The van der Waals surface area contributed by atoms with Gasteiger partial charge in [-0.1, -0.05) is 50.6 Å². The fraction of sp³-hybridized carbons (Fsp3) is 0.312. The largest absolute Gasteiger partial charge is 0.240 e. The van der Waals surface area contributed by atoms with Crippen molar-refractivity contribution >= 4 is 23.4 Å². The van der Waals surface area contributed by atoms with E-state index in [1.54, 1.807) is 17.8 Å². The third-order valence-corrected chi connectivity index (χ3v) is 4.14. The topological polar surface area (TPSA) is 12.9 Å². The van der Waals surface area contributed by atoms with Crippen molar-refractivity contribution in [3.63, 3.8) is 0 Å². The summed E-state index contributed by atoms with van der Waals surface area (Å²) in [5.41, 5.74) is 2.58. The fourth-order valence-corrected chi connectivity index (χ4v) is 2.72. The minimum absolute atomic E-state index is 0.206. The Morgan fingerprint density at radius 3 is 2.32 bits per heavy atom. The molecule has 19 heavy (non-hydrogen) atoms. The minimum atomic E-state index is 0.206. The third kappa shape index (κ3) is 4.26. The van der Waals surface area contributed by atoms with E-state index >= 15 is 0 Å². The molecule has 0 amide bonds. The summed E-state index contributed by atoms with van der Waals surface area (Å²) in [4.78, 5) is 5.55. The molecular formula is C16H18ClNS. The second kappa shape index (κ2) is 5.98. The first-order valence-electron chi connectivity index (χ1n) is 6.30. The molecule has 1 aromatic heterocycles. The van der Waals surface area contributed by atoms with Gasteiger partial charge < -0.3 is 0 Å². The summed E-state index contributed by atoms with van der Waals surface area (Å²) in [5.74, 6) is 0.843. The van der Waals surface area contributed by atoms with Crippen molar-refractivity contribution in [1.29, 1.82) is 0 Å². The molecular weight excluding hydrogens is 274 g/mol. The van der Waals surface area contributed by atoms with Crippen molar-refractivity contribution in [2.75, 3.05) is 0 Å². The predicted octanol–water partition coefficient (Wildman–Crippen LogP) is 5.32. The number of rotatable bonds is 3. The molecule has 2 aromatic rings. The van der Waals surface area contributed by atoms with Crippen LogP contribution in [-0.4, -0.2) is 4.98 Å². The molecule has 100 valence electrons. The lowest BCUT2D eigenvalue weighted by atomic mass is 9.87. The number of thioether (sulfide) groups is 1. The maximum atomic E-state index is 5.88. The van der Waals surface area contributed by atoms with Crippen LogP contribution in [-0.2, 0) is 11.2 Å². The Hall–Kier alpha value is -0.990. The summed E-state index contributed by atoms with van der Waals surface area (Å²) in [7, 11) is 0. The fourth-order valence-electron chi connectivity index (χ4n) is 1.74. The van der Waals surface area contributed by atoms with Crippen LogP contribution in [0.4, 0.5) is 0 Å². The number of hydrogen-bond donors (Lipinski definition) is 0. The van der Waals surface area contributed by atoms with Gasteiger partial charge in [-0.25, -0.2) is 4.98 Å². The highest BCUT2D eigenvalue weighted by molar-refractivity contribution is 7.98. The lowest BCUT2D eigenvalue weighted by molar-refractivity contribution is 0.590. The smallest absolute Gasteiger partial charge is 0.129 e. The van der Waals surface area contributed by atoms with Crippen molar-refractivity contribution in [2.24, 2.45) is 0 Å². The zero-order valence-corrected chi connectivity index (χ0v) is 13.1. The Morgan fingerprint density at radius 2 is 1.74 bits per heavy atom. The number of halogens is 1. The average Bonchev–Trinajstić information content (AvgIpc) is 2.36. The minimum Gasteiger partial charge on any atom is -0.240 e. The van der Waals surface area contributed by atoms with Gasteiger partial charge in [0.05, 0.1) is 5.69 Å². The average molecular weight is 292 g/mol. The van der Waals surface area contributed by atoms with E-state index in [0.29, 0.717) is 5.15 Å². The Labute approximate surface area is 124 Å². The number of benzene rings is 1. The highest BCUT2D eigenvalue weighted by atomic mass is 35.5. The van der Waals surface area contributed by atoms with Gasteiger partial charge >= 0.3 is 0 Å². The van der Waals surface area contributed by atoms with Gasteiger partial charge in [0.2, 0.25) is 0 Å². The van der Waals surface area contributed by atoms with Gasteiger partial charge in [-0.05, 0) is 35.2 Å². The van der Waals surface area contributed by atoms with Crippen molar-refractivity contribution in [1.82, 2.24) is 4.98 Å². The van der Waals surface area contributed by atoms with E-state index in [-0.39, 0.29) is 5.41 Å². The normalized spacial score (nSPS) is 11.6. The molecule has 0 aliphatic rings. The zero-order chi connectivity index (χ0) is 13.9. The molecule has 0 spiro atoms. The number of nitrogens with zero attached hydrogens (tertiary/aromatic N) is 1. The molecule has 0 atom stereocenters. The van der Waals surface area contributed by atoms with Crippen molar-refractivity contribution < 1.29 is 0 Å². The summed E-state index contributed by atoms with van der Waals surface area (Å²) >= 11 is 7.66. The summed E-state index contributed by atoms with van der Waals surface area (Å²) < 4.78 is 0. The van der Waals surface area contributed by atoms with Crippen LogP contribution in [0.25, 0.3) is 0 Å². The monoisotopic (exact) mass is 291 g/mol. The lowest BCUT2D eigenvalue weighted by Crippen LogP contribution is -2.10. The molecule has 3 heteroatoms. The van der Waals surface area contributed by atoms with Crippen LogP contribution in [0, 0.1) is 0 Å². The van der Waals surface area contributed by atoms with E-state index in [1.807, 2.05) is 12.1 Å². The van der Waals surface area contributed by atoms with Crippen LogP contribution < -0.4 is 0 Å². The number of hydrogen-bond acceptors (Lipinski definition) is 2. The Kier molecular flexibility index (Phi) is 4.54. The van der Waals surface area contributed by atoms with Gasteiger partial charge in [0.1, 0.15) is 5.15 Å². The molecule has 0 fully saturated rings. The molecule has 1 nitrogen and oxygen atoms in total. The first-order valence-corrected chi connectivity index (χ1v) is 7.66. The molecule has 1 aromatic carbocycles. The molecule has 2 rings (SSSR count). The van der Waals surface area contributed by atoms with Crippen LogP contribution in [0.1, 0.15) is 32.0 Å². The SMILES string of the molecule is CC(C)(C)c1ccc(SCc2cccc(Cl)n2)cc1. The summed E-state index contributed by atoms with van der Waals surface area (Å²) in [6.45, 7) is 6.68. The van der Waals surface area contributed by atoms with E-state index in [1.165, 1.54) is 10.5 Å². The van der Waals surface area contributed by atoms with E-state index < -0.39 is 0 Å². The summed E-state index contributed by atoms with van der Waals surface area (Å²) in [6.07, 6.45) is 0. The van der Waals surface area contributed by atoms with Gasteiger partial charge in [-0.3, -0.25) is 0 Å². The Bertz CT molecular complexity index is 543. The number of aromatic nitrogens is 1. The standard InChI is InChI=1S/C16H18ClNS/c1-16(2,3)12-7-9-14(10-8-12)19-11-13-5-4-6-15(17)18-13/h4-10H,11H2,1-3H3. The molecule has 0 unspecified atom stereocenters. The number of pyridine rings is 1. The molecule has 0 saturated carbocycles. The van der Waals surface area contributed by atoms with Gasteiger partial charge in [0, 0.05) is 10.6 Å². The van der Waals surface area contributed by atoms with E-state index in [4.69, 9.17) is 11.6 Å². The third-order valence-electron chi connectivity index (χ3n) is 2.88. The van der Waals surface area contributed by atoms with Crippen LogP contribution in [0.2, 0.25) is 5.15 Å². The molecule has 0 aliphatic heterocycles.